The molecule has 0 amide bonds. The molecule has 1 rings (SSSR count). The molecule has 0 unspecified atom stereocenters. The highest BCUT2D eigenvalue weighted by Crippen LogP contribution is 2.27. The van der Waals surface area contributed by atoms with Gasteiger partial charge in [0, 0.05) is 19.2 Å². The molecule has 0 aliphatic rings. The summed E-state index contributed by atoms with van der Waals surface area (Å²) in [6.45, 7) is 3.66. The molecule has 0 bridgehead atoms. The number of nitro groups is 1. The smallest absolute Gasteiger partial charge is 0.346 e. The molecule has 11 heteroatoms. The molecule has 0 heterocycles. The summed E-state index contributed by atoms with van der Waals surface area (Å²) in [5, 5.41) is 11.2. The summed E-state index contributed by atoms with van der Waals surface area (Å²) >= 11 is 0. The fourth-order valence-corrected chi connectivity index (χ4v) is 3.09. The van der Waals surface area contributed by atoms with Crippen molar-refractivity contribution < 1.29 is 22.9 Å². The molecule has 0 atom stereocenters. The molecule has 1 aromatic carbocycles. The van der Waals surface area contributed by atoms with E-state index in [1.807, 2.05) is 0 Å². The normalized spacial score (nSPS) is 11.3. The Morgan fingerprint density at radius 3 is 2.44 bits per heavy atom. The van der Waals surface area contributed by atoms with E-state index in [1.165, 1.54) is 6.07 Å². The van der Waals surface area contributed by atoms with Gasteiger partial charge in [-0.05, 0) is 34.0 Å². The number of esters is 1. The van der Waals surface area contributed by atoms with Gasteiger partial charge in [0.05, 0.1) is 11.0 Å². The maximum Gasteiger partial charge on any atom is 0.346 e. The number of ether oxygens (including phenoxy) is 1. The Labute approximate surface area is 153 Å². The second-order valence-electron chi connectivity index (χ2n) is 5.56. The van der Waals surface area contributed by atoms with Crippen LogP contribution in [0.4, 0.5) is 5.69 Å². The van der Waals surface area contributed by atoms with Gasteiger partial charge in [0.25, 0.3) is 5.69 Å². The SMILES string of the molecule is CC(C)OC(=O)c1c([N+](=O)[O-])cccc1S(=O)(=O)NCCN(C)C.Cl. The Morgan fingerprint density at radius 1 is 1.36 bits per heavy atom. The minimum Gasteiger partial charge on any atom is -0.459 e. The number of nitro benzene ring substituents is 1. The molecule has 0 aliphatic carbocycles. The Hall–Kier alpha value is -1.75. The van der Waals surface area contributed by atoms with Crippen LogP contribution in [0.1, 0.15) is 24.2 Å². The number of rotatable bonds is 8. The van der Waals surface area contributed by atoms with Crippen LogP contribution in [0, 0.1) is 10.1 Å². The van der Waals surface area contributed by atoms with Gasteiger partial charge in [-0.3, -0.25) is 10.1 Å². The minimum atomic E-state index is -4.11. The summed E-state index contributed by atoms with van der Waals surface area (Å²) in [4.78, 5) is 23.9. The van der Waals surface area contributed by atoms with Crippen molar-refractivity contribution in [3.05, 3.63) is 33.9 Å². The van der Waals surface area contributed by atoms with Gasteiger partial charge in [-0.1, -0.05) is 6.07 Å². The van der Waals surface area contributed by atoms with Crippen LogP contribution in [0.25, 0.3) is 0 Å². The number of hydrogen-bond donors (Lipinski definition) is 1. The molecule has 0 aliphatic heterocycles. The second kappa shape index (κ2) is 9.66. The Balaban J connectivity index is 0.00000576. The van der Waals surface area contributed by atoms with E-state index in [9.17, 15) is 23.3 Å². The Morgan fingerprint density at radius 2 is 1.96 bits per heavy atom. The third kappa shape index (κ3) is 6.58. The highest BCUT2D eigenvalue weighted by molar-refractivity contribution is 7.89. The fourth-order valence-electron chi connectivity index (χ4n) is 1.86. The third-order valence-electron chi connectivity index (χ3n) is 2.89. The van der Waals surface area contributed by atoms with E-state index >= 15 is 0 Å². The minimum absolute atomic E-state index is 0. The van der Waals surface area contributed by atoms with Crippen molar-refractivity contribution in [1.29, 1.82) is 0 Å². The number of benzene rings is 1. The quantitative estimate of drug-likeness (QED) is 0.401. The summed E-state index contributed by atoms with van der Waals surface area (Å²) < 4.78 is 32.2. The summed E-state index contributed by atoms with van der Waals surface area (Å²) in [6, 6.07) is 3.42. The van der Waals surface area contributed by atoms with E-state index < -0.39 is 43.2 Å². The average molecular weight is 396 g/mol. The van der Waals surface area contributed by atoms with E-state index in [0.29, 0.717) is 6.54 Å². The average Bonchev–Trinajstić information content (AvgIpc) is 2.44. The number of likely N-dealkylation sites (N-methyl/N-ethyl adjacent to an activating group) is 1. The molecule has 0 saturated heterocycles. The molecule has 0 aromatic heterocycles. The fraction of sp³-hybridized carbons (Fsp3) is 0.500. The number of nitrogens with zero attached hydrogens (tertiary/aromatic N) is 2. The van der Waals surface area contributed by atoms with E-state index in [-0.39, 0.29) is 19.0 Å². The topological polar surface area (TPSA) is 119 Å². The number of carbonyl (C=O) groups excluding carboxylic acids is 1. The largest absolute Gasteiger partial charge is 0.459 e. The van der Waals surface area contributed by atoms with Gasteiger partial charge in [0.1, 0.15) is 4.90 Å². The number of hydrogen-bond acceptors (Lipinski definition) is 7. The van der Waals surface area contributed by atoms with Crippen molar-refractivity contribution in [3.63, 3.8) is 0 Å². The maximum absolute atomic E-state index is 12.4. The lowest BCUT2D eigenvalue weighted by Crippen LogP contribution is -2.32. The second-order valence-corrected chi connectivity index (χ2v) is 7.30. The number of halogens is 1. The Bertz CT molecular complexity index is 721. The van der Waals surface area contributed by atoms with Crippen molar-refractivity contribution in [2.45, 2.75) is 24.8 Å². The first kappa shape index (κ1) is 23.2. The molecule has 0 spiro atoms. The molecule has 142 valence electrons. The van der Waals surface area contributed by atoms with Crippen LogP contribution in [-0.2, 0) is 14.8 Å². The monoisotopic (exact) mass is 395 g/mol. The maximum atomic E-state index is 12.4. The zero-order valence-corrected chi connectivity index (χ0v) is 16.0. The van der Waals surface area contributed by atoms with Gasteiger partial charge in [-0.15, -0.1) is 12.4 Å². The van der Waals surface area contributed by atoms with Crippen LogP contribution in [0.3, 0.4) is 0 Å². The van der Waals surface area contributed by atoms with Crippen LogP contribution in [0.2, 0.25) is 0 Å². The number of sulfonamides is 1. The van der Waals surface area contributed by atoms with E-state index in [0.717, 1.165) is 12.1 Å². The van der Waals surface area contributed by atoms with E-state index in [2.05, 4.69) is 4.72 Å². The van der Waals surface area contributed by atoms with Gasteiger partial charge in [-0.25, -0.2) is 17.9 Å². The standard InChI is InChI=1S/C14H21N3O6S.ClH/c1-10(2)23-14(18)13-11(17(19)20)6-5-7-12(13)24(21,22)15-8-9-16(3)4;/h5-7,10,15H,8-9H2,1-4H3;1H. The molecule has 1 aromatic rings. The zero-order valence-electron chi connectivity index (χ0n) is 14.4. The highest BCUT2D eigenvalue weighted by Gasteiger charge is 2.31. The molecular weight excluding hydrogens is 374 g/mol. The highest BCUT2D eigenvalue weighted by atomic mass is 35.5. The summed E-state index contributed by atoms with van der Waals surface area (Å²) in [5.41, 5.74) is -1.19. The molecule has 25 heavy (non-hydrogen) atoms. The van der Waals surface area contributed by atoms with Gasteiger partial charge >= 0.3 is 5.97 Å². The van der Waals surface area contributed by atoms with Crippen LogP contribution < -0.4 is 4.72 Å². The van der Waals surface area contributed by atoms with Crippen LogP contribution in [-0.4, -0.2) is 57.5 Å². The molecule has 9 nitrogen and oxygen atoms in total. The zero-order chi connectivity index (χ0) is 18.5. The molecular formula is C14H22ClN3O6S. The summed E-state index contributed by atoms with van der Waals surface area (Å²) in [6.07, 6.45) is -0.547. The van der Waals surface area contributed by atoms with Gasteiger partial charge in [0.15, 0.2) is 5.56 Å². The van der Waals surface area contributed by atoms with Crippen molar-refractivity contribution >= 4 is 34.1 Å². The van der Waals surface area contributed by atoms with E-state index in [4.69, 9.17) is 4.74 Å². The molecule has 1 N–H and O–H groups in total. The van der Waals surface area contributed by atoms with Crippen molar-refractivity contribution in [2.24, 2.45) is 0 Å². The first-order chi connectivity index (χ1) is 11.1. The van der Waals surface area contributed by atoms with Crippen molar-refractivity contribution in [3.8, 4) is 0 Å². The third-order valence-corrected chi connectivity index (χ3v) is 4.39. The lowest BCUT2D eigenvalue weighted by molar-refractivity contribution is -0.385. The van der Waals surface area contributed by atoms with Crippen LogP contribution in [0.5, 0.6) is 0 Å². The van der Waals surface area contributed by atoms with Gasteiger partial charge in [0.2, 0.25) is 10.0 Å². The number of nitrogens with one attached hydrogen (secondary N) is 1. The predicted molar refractivity (Wildman–Crippen MR) is 94.6 cm³/mol. The lowest BCUT2D eigenvalue weighted by atomic mass is 10.2. The Kier molecular flexibility index (Phi) is 8.98. The van der Waals surface area contributed by atoms with Gasteiger partial charge in [-0.2, -0.15) is 0 Å². The van der Waals surface area contributed by atoms with E-state index in [1.54, 1.807) is 32.8 Å². The first-order valence-electron chi connectivity index (χ1n) is 7.19. The van der Waals surface area contributed by atoms with Crippen molar-refractivity contribution in [2.75, 3.05) is 27.2 Å². The summed E-state index contributed by atoms with van der Waals surface area (Å²) in [7, 11) is -0.564. The summed E-state index contributed by atoms with van der Waals surface area (Å²) in [5.74, 6) is -1.05. The molecule has 0 saturated carbocycles. The van der Waals surface area contributed by atoms with Crippen LogP contribution in [0.15, 0.2) is 23.1 Å². The first-order valence-corrected chi connectivity index (χ1v) is 8.67. The molecule has 0 fully saturated rings. The number of carbonyl (C=O) groups is 1. The van der Waals surface area contributed by atoms with Crippen molar-refractivity contribution in [1.82, 2.24) is 9.62 Å². The lowest BCUT2D eigenvalue weighted by Gasteiger charge is -2.14. The predicted octanol–water partition coefficient (Wildman–Crippen LogP) is 1.42. The van der Waals surface area contributed by atoms with Crippen LogP contribution >= 0.6 is 12.4 Å². The van der Waals surface area contributed by atoms with Gasteiger partial charge < -0.3 is 9.64 Å². The molecule has 0 radical (unpaired) electrons.